The second kappa shape index (κ2) is 6.13. The van der Waals surface area contributed by atoms with Gasteiger partial charge in [-0.15, -0.1) is 0 Å². The van der Waals surface area contributed by atoms with E-state index in [2.05, 4.69) is 5.32 Å². The van der Waals surface area contributed by atoms with Gasteiger partial charge in [-0.3, -0.25) is 14.9 Å². The molecular weight excluding hydrogens is 275 g/mol. The molecule has 2 aromatic carbocycles. The second-order valence-corrected chi connectivity index (χ2v) is 4.53. The number of hydrogen-bond acceptors (Lipinski definition) is 3. The number of carbonyl (C=O) groups excluding carboxylic acids is 1. The first-order chi connectivity index (χ1) is 9.99. The maximum atomic E-state index is 13.2. The van der Waals surface area contributed by atoms with Crippen molar-refractivity contribution in [2.45, 2.75) is 13.0 Å². The summed E-state index contributed by atoms with van der Waals surface area (Å²) in [5.74, 6) is -1.46. The molecule has 0 aromatic heterocycles. The molecule has 1 amide bonds. The van der Waals surface area contributed by atoms with Crippen molar-refractivity contribution in [1.82, 2.24) is 5.32 Å². The third-order valence-corrected chi connectivity index (χ3v) is 3.05. The van der Waals surface area contributed by atoms with E-state index >= 15 is 0 Å². The molecule has 0 fully saturated rings. The summed E-state index contributed by atoms with van der Waals surface area (Å²) in [6, 6.07) is 12.1. The number of nitrogens with zero attached hydrogens (tertiary/aromatic N) is 1. The van der Waals surface area contributed by atoms with Crippen LogP contribution in [0, 0.1) is 15.9 Å². The van der Waals surface area contributed by atoms with Gasteiger partial charge in [0.05, 0.1) is 11.0 Å². The van der Waals surface area contributed by atoms with Crippen LogP contribution in [0.1, 0.15) is 28.9 Å². The van der Waals surface area contributed by atoms with Gasteiger partial charge in [0, 0.05) is 11.6 Å². The summed E-state index contributed by atoms with van der Waals surface area (Å²) < 4.78 is 13.2. The van der Waals surface area contributed by atoms with E-state index in [1.807, 2.05) is 30.3 Å². The molecule has 5 nitrogen and oxygen atoms in total. The molecule has 0 bridgehead atoms. The minimum Gasteiger partial charge on any atom is -0.346 e. The summed E-state index contributed by atoms with van der Waals surface area (Å²) in [4.78, 5) is 21.9. The normalized spacial score (nSPS) is 11.7. The van der Waals surface area contributed by atoms with Crippen molar-refractivity contribution in [3.8, 4) is 0 Å². The summed E-state index contributed by atoms with van der Waals surface area (Å²) in [6.07, 6.45) is 0. The second-order valence-electron chi connectivity index (χ2n) is 4.53. The first-order valence-electron chi connectivity index (χ1n) is 6.29. The van der Waals surface area contributed by atoms with Crippen LogP contribution in [0.4, 0.5) is 10.1 Å². The molecule has 1 atom stereocenters. The summed E-state index contributed by atoms with van der Waals surface area (Å²) in [5.41, 5.74) is 0.239. The van der Waals surface area contributed by atoms with Crippen molar-refractivity contribution in [1.29, 1.82) is 0 Å². The number of rotatable bonds is 4. The van der Waals surface area contributed by atoms with Gasteiger partial charge >= 0.3 is 5.69 Å². The molecule has 0 saturated heterocycles. The number of halogens is 1. The molecule has 21 heavy (non-hydrogen) atoms. The molecule has 0 aliphatic rings. The first kappa shape index (κ1) is 14.6. The molecule has 108 valence electrons. The average molecular weight is 288 g/mol. The molecule has 0 radical (unpaired) electrons. The highest BCUT2D eigenvalue weighted by molar-refractivity contribution is 5.95. The molecule has 0 spiro atoms. The van der Waals surface area contributed by atoms with E-state index in [0.717, 1.165) is 17.7 Å². The zero-order chi connectivity index (χ0) is 15.4. The standard InChI is InChI=1S/C15H13FN2O3/c1-10(11-5-3-2-4-6-11)17-15(19)12-7-8-13(16)14(9-12)18(20)21/h2-10H,1H3,(H,17,19). The number of hydrogen-bond donors (Lipinski definition) is 1. The maximum absolute atomic E-state index is 13.2. The van der Waals surface area contributed by atoms with Crippen molar-refractivity contribution in [3.05, 3.63) is 75.6 Å². The lowest BCUT2D eigenvalue weighted by molar-refractivity contribution is -0.387. The molecule has 2 rings (SSSR count). The molecule has 6 heteroatoms. The quantitative estimate of drug-likeness (QED) is 0.693. The Morgan fingerprint density at radius 1 is 1.24 bits per heavy atom. The number of nitro groups is 1. The molecule has 0 aliphatic carbocycles. The van der Waals surface area contributed by atoms with Crippen molar-refractivity contribution in [2.75, 3.05) is 0 Å². The highest BCUT2D eigenvalue weighted by Gasteiger charge is 2.18. The van der Waals surface area contributed by atoms with Crippen LogP contribution < -0.4 is 5.32 Å². The zero-order valence-electron chi connectivity index (χ0n) is 11.2. The summed E-state index contributed by atoms with van der Waals surface area (Å²) >= 11 is 0. The smallest absolute Gasteiger partial charge is 0.305 e. The Morgan fingerprint density at radius 2 is 1.90 bits per heavy atom. The topological polar surface area (TPSA) is 72.2 Å². The minimum absolute atomic E-state index is 0.0471. The van der Waals surface area contributed by atoms with Gasteiger partial charge in [-0.2, -0.15) is 4.39 Å². The van der Waals surface area contributed by atoms with Crippen LogP contribution in [-0.2, 0) is 0 Å². The Hall–Kier alpha value is -2.76. The predicted molar refractivity (Wildman–Crippen MR) is 75.4 cm³/mol. The van der Waals surface area contributed by atoms with Gasteiger partial charge in [0.25, 0.3) is 5.91 Å². The van der Waals surface area contributed by atoms with Crippen LogP contribution in [0.25, 0.3) is 0 Å². The van der Waals surface area contributed by atoms with E-state index in [9.17, 15) is 19.3 Å². The molecule has 1 N–H and O–H groups in total. The summed E-state index contributed by atoms with van der Waals surface area (Å²) in [7, 11) is 0. The number of carbonyl (C=O) groups is 1. The van der Waals surface area contributed by atoms with E-state index in [1.165, 1.54) is 6.07 Å². The van der Waals surface area contributed by atoms with Gasteiger partial charge in [-0.05, 0) is 24.6 Å². The molecule has 0 heterocycles. The number of nitrogens with one attached hydrogen (secondary N) is 1. The lowest BCUT2D eigenvalue weighted by atomic mass is 10.1. The largest absolute Gasteiger partial charge is 0.346 e. The van der Waals surface area contributed by atoms with Gasteiger partial charge in [0.15, 0.2) is 0 Å². The van der Waals surface area contributed by atoms with Crippen molar-refractivity contribution in [2.24, 2.45) is 0 Å². The number of benzene rings is 2. The fourth-order valence-electron chi connectivity index (χ4n) is 1.90. The number of nitro benzene ring substituents is 1. The summed E-state index contributed by atoms with van der Waals surface area (Å²) in [5, 5.41) is 13.4. The Balaban J connectivity index is 2.17. The molecule has 0 saturated carbocycles. The molecular formula is C15H13FN2O3. The SMILES string of the molecule is CC(NC(=O)c1ccc(F)c([N+](=O)[O-])c1)c1ccccc1. The first-order valence-corrected chi connectivity index (χ1v) is 6.29. The molecule has 1 unspecified atom stereocenters. The predicted octanol–water partition coefficient (Wildman–Crippen LogP) is 3.22. The Labute approximate surface area is 120 Å². The molecule has 2 aromatic rings. The van der Waals surface area contributed by atoms with Gasteiger partial charge in [0.1, 0.15) is 0 Å². The van der Waals surface area contributed by atoms with Crippen LogP contribution >= 0.6 is 0 Å². The van der Waals surface area contributed by atoms with Crippen LogP contribution in [0.5, 0.6) is 0 Å². The van der Waals surface area contributed by atoms with Crippen LogP contribution in [0.15, 0.2) is 48.5 Å². The van der Waals surface area contributed by atoms with Gasteiger partial charge in [0.2, 0.25) is 5.82 Å². The highest BCUT2D eigenvalue weighted by Crippen LogP contribution is 2.19. The minimum atomic E-state index is -0.965. The van der Waals surface area contributed by atoms with Crippen molar-refractivity contribution >= 4 is 11.6 Å². The lowest BCUT2D eigenvalue weighted by Crippen LogP contribution is -2.26. The third kappa shape index (κ3) is 3.42. The van der Waals surface area contributed by atoms with E-state index in [1.54, 1.807) is 6.92 Å². The fraction of sp³-hybridized carbons (Fsp3) is 0.133. The molecule has 0 aliphatic heterocycles. The van der Waals surface area contributed by atoms with Crippen LogP contribution in [0.3, 0.4) is 0 Å². The third-order valence-electron chi connectivity index (χ3n) is 3.05. The Kier molecular flexibility index (Phi) is 4.27. The van der Waals surface area contributed by atoms with E-state index in [-0.39, 0.29) is 11.6 Å². The highest BCUT2D eigenvalue weighted by atomic mass is 19.1. The van der Waals surface area contributed by atoms with E-state index in [4.69, 9.17) is 0 Å². The van der Waals surface area contributed by atoms with Crippen molar-refractivity contribution < 1.29 is 14.1 Å². The monoisotopic (exact) mass is 288 g/mol. The fourth-order valence-corrected chi connectivity index (χ4v) is 1.90. The summed E-state index contributed by atoms with van der Waals surface area (Å²) in [6.45, 7) is 1.80. The van der Waals surface area contributed by atoms with E-state index in [0.29, 0.717) is 0 Å². The van der Waals surface area contributed by atoms with Crippen LogP contribution in [0.2, 0.25) is 0 Å². The lowest BCUT2D eigenvalue weighted by Gasteiger charge is -2.14. The van der Waals surface area contributed by atoms with Crippen molar-refractivity contribution in [3.63, 3.8) is 0 Å². The van der Waals surface area contributed by atoms with E-state index < -0.39 is 22.3 Å². The van der Waals surface area contributed by atoms with Gasteiger partial charge in [-0.1, -0.05) is 30.3 Å². The average Bonchev–Trinajstić information content (AvgIpc) is 2.48. The van der Waals surface area contributed by atoms with Gasteiger partial charge in [-0.25, -0.2) is 0 Å². The maximum Gasteiger partial charge on any atom is 0.305 e. The van der Waals surface area contributed by atoms with Crippen LogP contribution in [-0.4, -0.2) is 10.8 Å². The van der Waals surface area contributed by atoms with Gasteiger partial charge < -0.3 is 5.32 Å². The Bertz CT molecular complexity index is 674. The number of amides is 1. The zero-order valence-corrected chi connectivity index (χ0v) is 11.2. The Morgan fingerprint density at radius 3 is 2.52 bits per heavy atom.